The molecule has 2 heterocycles. The number of hydrogen-bond donors (Lipinski definition) is 1. The highest BCUT2D eigenvalue weighted by Crippen LogP contribution is 2.36. The number of aromatic nitrogens is 1. The summed E-state index contributed by atoms with van der Waals surface area (Å²) in [5.41, 5.74) is 4.55. The molecule has 3 aromatic rings. The molecule has 0 bridgehead atoms. The van der Waals surface area contributed by atoms with Crippen LogP contribution in [0.4, 0.5) is 5.69 Å². The normalized spacial score (nSPS) is 13.8. The van der Waals surface area contributed by atoms with Gasteiger partial charge in [-0.3, -0.25) is 9.59 Å². The summed E-state index contributed by atoms with van der Waals surface area (Å²) in [6.45, 7) is 4.97. The molecule has 1 saturated heterocycles. The Labute approximate surface area is 218 Å². The van der Waals surface area contributed by atoms with E-state index in [0.717, 1.165) is 66.3 Å². The summed E-state index contributed by atoms with van der Waals surface area (Å²) in [6, 6.07) is 13.1. The standard InChI is InChI=1S/C27H34N4O5S/c1-19-7-8-21-16-25(28-24(21)15-19)23-17-22(9-10-26(23)30-11-5-6-12-30)37(34,35)31(20(2)32)18-27(33)29(3)13-14-36-4/h7-10,15-17,28H,5-6,11-14,18H2,1-4H3. The maximum absolute atomic E-state index is 13.7. The van der Waals surface area contributed by atoms with Crippen molar-refractivity contribution in [2.45, 2.75) is 31.6 Å². The molecular formula is C27H34N4O5S. The number of ether oxygens (including phenoxy) is 1. The van der Waals surface area contributed by atoms with Gasteiger partial charge in [0.2, 0.25) is 11.8 Å². The van der Waals surface area contributed by atoms with Crippen molar-refractivity contribution >= 4 is 38.4 Å². The Morgan fingerprint density at radius 1 is 1.08 bits per heavy atom. The van der Waals surface area contributed by atoms with Gasteiger partial charge < -0.3 is 19.5 Å². The number of nitrogens with zero attached hydrogens (tertiary/aromatic N) is 3. The number of carbonyl (C=O) groups is 2. The minimum atomic E-state index is -4.28. The Morgan fingerprint density at radius 3 is 2.49 bits per heavy atom. The molecule has 1 N–H and O–H groups in total. The largest absolute Gasteiger partial charge is 0.383 e. The number of aryl methyl sites for hydroxylation is 1. The van der Waals surface area contributed by atoms with Crippen LogP contribution in [0.25, 0.3) is 22.2 Å². The monoisotopic (exact) mass is 526 g/mol. The number of methoxy groups -OCH3 is 1. The summed E-state index contributed by atoms with van der Waals surface area (Å²) >= 11 is 0. The second-order valence-corrected chi connectivity index (χ2v) is 11.3. The van der Waals surface area contributed by atoms with Gasteiger partial charge in [0.05, 0.1) is 11.5 Å². The molecule has 0 unspecified atom stereocenters. The van der Waals surface area contributed by atoms with Gasteiger partial charge in [0.15, 0.2) is 0 Å². The van der Waals surface area contributed by atoms with E-state index in [9.17, 15) is 18.0 Å². The van der Waals surface area contributed by atoms with Crippen molar-refractivity contribution in [3.8, 4) is 11.3 Å². The van der Waals surface area contributed by atoms with Gasteiger partial charge in [-0.05, 0) is 55.7 Å². The predicted octanol–water partition coefficient (Wildman–Crippen LogP) is 3.39. The number of nitrogens with one attached hydrogen (secondary N) is 1. The van der Waals surface area contributed by atoms with Gasteiger partial charge >= 0.3 is 0 Å². The SMILES string of the molecule is COCCN(C)C(=O)CN(C(C)=O)S(=O)(=O)c1ccc(N2CCCC2)c(-c2cc3ccc(C)cc3[nH]2)c1. The van der Waals surface area contributed by atoms with E-state index in [1.165, 1.54) is 18.1 Å². The lowest BCUT2D eigenvalue weighted by molar-refractivity contribution is -0.135. The first-order valence-corrected chi connectivity index (χ1v) is 13.8. The molecule has 0 saturated carbocycles. The minimum absolute atomic E-state index is 0.0390. The third-order valence-electron chi connectivity index (χ3n) is 6.76. The molecule has 1 aromatic heterocycles. The first-order valence-electron chi connectivity index (χ1n) is 12.4. The molecule has 198 valence electrons. The van der Waals surface area contributed by atoms with Crippen LogP contribution in [0.3, 0.4) is 0 Å². The van der Waals surface area contributed by atoms with Crippen molar-refractivity contribution in [2.75, 3.05) is 51.8 Å². The maximum atomic E-state index is 13.7. The summed E-state index contributed by atoms with van der Waals surface area (Å²) in [5, 5.41) is 1.02. The van der Waals surface area contributed by atoms with Crippen molar-refractivity contribution in [2.24, 2.45) is 0 Å². The third-order valence-corrected chi connectivity index (χ3v) is 8.57. The number of aromatic amines is 1. The van der Waals surface area contributed by atoms with Gasteiger partial charge in [-0.1, -0.05) is 12.1 Å². The fourth-order valence-electron chi connectivity index (χ4n) is 4.60. The van der Waals surface area contributed by atoms with Gasteiger partial charge in [0.1, 0.15) is 6.54 Å². The highest BCUT2D eigenvalue weighted by molar-refractivity contribution is 7.89. The number of fused-ring (bicyclic) bond motifs is 1. The number of amides is 2. The van der Waals surface area contributed by atoms with Gasteiger partial charge in [0.25, 0.3) is 10.0 Å². The van der Waals surface area contributed by atoms with Crippen LogP contribution in [-0.4, -0.2) is 81.4 Å². The zero-order chi connectivity index (χ0) is 26.7. The number of sulfonamides is 1. The second-order valence-electron chi connectivity index (χ2n) is 9.49. The van der Waals surface area contributed by atoms with Crippen LogP contribution in [-0.2, 0) is 24.3 Å². The van der Waals surface area contributed by atoms with Gasteiger partial charge in [-0.15, -0.1) is 0 Å². The Kier molecular flexibility index (Phi) is 7.89. The number of rotatable bonds is 9. The van der Waals surface area contributed by atoms with E-state index in [2.05, 4.69) is 16.0 Å². The van der Waals surface area contributed by atoms with Crippen molar-refractivity contribution in [3.63, 3.8) is 0 Å². The molecule has 37 heavy (non-hydrogen) atoms. The molecule has 1 fully saturated rings. The number of hydrogen-bond acceptors (Lipinski definition) is 6. The van der Waals surface area contributed by atoms with Gasteiger partial charge in [0, 0.05) is 68.6 Å². The molecule has 4 rings (SSSR count). The highest BCUT2D eigenvalue weighted by Gasteiger charge is 2.31. The van der Waals surface area contributed by atoms with E-state index in [-0.39, 0.29) is 11.4 Å². The molecule has 1 aliphatic rings. The first-order chi connectivity index (χ1) is 17.6. The molecule has 9 nitrogen and oxygen atoms in total. The average molecular weight is 527 g/mol. The number of carbonyl (C=O) groups excluding carboxylic acids is 2. The van der Waals surface area contributed by atoms with Crippen molar-refractivity contribution in [1.82, 2.24) is 14.2 Å². The Balaban J connectivity index is 1.75. The maximum Gasteiger partial charge on any atom is 0.266 e. The Bertz CT molecular complexity index is 1410. The van der Waals surface area contributed by atoms with E-state index in [1.54, 1.807) is 19.2 Å². The quantitative estimate of drug-likeness (QED) is 0.459. The van der Waals surface area contributed by atoms with Crippen LogP contribution in [0.5, 0.6) is 0 Å². The van der Waals surface area contributed by atoms with Crippen molar-refractivity contribution in [3.05, 3.63) is 48.0 Å². The zero-order valence-corrected chi connectivity index (χ0v) is 22.6. The first kappa shape index (κ1) is 26.7. The fraction of sp³-hybridized carbons (Fsp3) is 0.407. The predicted molar refractivity (Wildman–Crippen MR) is 144 cm³/mol. The summed E-state index contributed by atoms with van der Waals surface area (Å²) in [7, 11) is -1.22. The molecule has 2 aromatic carbocycles. The average Bonchev–Trinajstić information content (AvgIpc) is 3.54. The molecular weight excluding hydrogens is 492 g/mol. The highest BCUT2D eigenvalue weighted by atomic mass is 32.2. The molecule has 0 spiro atoms. The summed E-state index contributed by atoms with van der Waals surface area (Å²) < 4.78 is 33.0. The Hall–Kier alpha value is -3.37. The Morgan fingerprint density at radius 2 is 1.81 bits per heavy atom. The van der Waals surface area contributed by atoms with Crippen LogP contribution in [0, 0.1) is 6.92 Å². The zero-order valence-electron chi connectivity index (χ0n) is 21.8. The molecule has 1 aliphatic heterocycles. The molecule has 10 heteroatoms. The lowest BCUT2D eigenvalue weighted by Crippen LogP contribution is -2.44. The van der Waals surface area contributed by atoms with Crippen molar-refractivity contribution in [1.29, 1.82) is 0 Å². The topological polar surface area (TPSA) is 103 Å². The molecule has 0 radical (unpaired) electrons. The number of benzene rings is 2. The molecule has 2 amide bonds. The van der Waals surface area contributed by atoms with E-state index in [0.29, 0.717) is 10.9 Å². The smallest absolute Gasteiger partial charge is 0.266 e. The lowest BCUT2D eigenvalue weighted by atomic mass is 10.1. The fourth-order valence-corrected chi connectivity index (χ4v) is 5.98. The van der Waals surface area contributed by atoms with Crippen LogP contribution >= 0.6 is 0 Å². The summed E-state index contributed by atoms with van der Waals surface area (Å²) in [6.07, 6.45) is 2.14. The number of likely N-dealkylation sites (N-methyl/N-ethyl adjacent to an activating group) is 1. The minimum Gasteiger partial charge on any atom is -0.383 e. The molecule has 0 aliphatic carbocycles. The summed E-state index contributed by atoms with van der Waals surface area (Å²) in [5.74, 6) is -1.21. The molecule has 0 atom stereocenters. The van der Waals surface area contributed by atoms with Crippen LogP contribution in [0.15, 0.2) is 47.4 Å². The van der Waals surface area contributed by atoms with E-state index in [4.69, 9.17) is 4.74 Å². The second kappa shape index (κ2) is 10.9. The van der Waals surface area contributed by atoms with Crippen molar-refractivity contribution < 1.29 is 22.7 Å². The lowest BCUT2D eigenvalue weighted by Gasteiger charge is -2.25. The van der Waals surface area contributed by atoms with Gasteiger partial charge in [-0.25, -0.2) is 12.7 Å². The number of H-pyrrole nitrogens is 1. The third kappa shape index (κ3) is 5.65. The number of anilines is 1. The van der Waals surface area contributed by atoms with E-state index < -0.39 is 28.4 Å². The summed E-state index contributed by atoms with van der Waals surface area (Å²) in [4.78, 5) is 32.1. The van der Waals surface area contributed by atoms with Crippen LogP contribution in [0.2, 0.25) is 0 Å². The van der Waals surface area contributed by atoms with Crippen LogP contribution < -0.4 is 4.90 Å². The van der Waals surface area contributed by atoms with Crippen LogP contribution in [0.1, 0.15) is 25.3 Å². The van der Waals surface area contributed by atoms with Gasteiger partial charge in [-0.2, -0.15) is 0 Å². The van der Waals surface area contributed by atoms with E-state index in [1.807, 2.05) is 25.1 Å². The van der Waals surface area contributed by atoms with E-state index >= 15 is 0 Å².